The van der Waals surface area contributed by atoms with Gasteiger partial charge in [0.25, 0.3) is 0 Å². The molecule has 80 heavy (non-hydrogen) atoms. The SMILES string of the molecule is CC(C)C1=Cc2cc(C(C)C)ccc2C1.CC(C)C1=Nc2cc(C(C)C)ccc2C1.CC(C)c1ccc(C(C)C)cc1.CC(C)c1ccc(C(C)C)nc1.CC(C)c1ccc2cc(C(C)C)[nH]c2c1.CC(C)c1csc(C(C)C)n1. The molecule has 0 saturated heterocycles. The molecule has 1 aliphatic heterocycles. The minimum absolute atomic E-state index is 0.534. The van der Waals surface area contributed by atoms with Crippen LogP contribution in [0.3, 0.4) is 0 Å². The summed E-state index contributed by atoms with van der Waals surface area (Å²) in [7, 11) is 0. The average Bonchev–Trinajstić information content (AvgIpc) is 4.25. The maximum absolute atomic E-state index is 4.71. The monoisotopic (exact) mass is 1100 g/mol. The first-order chi connectivity index (χ1) is 37.6. The normalized spacial score (nSPS) is 12.7. The van der Waals surface area contributed by atoms with Crippen molar-refractivity contribution >= 4 is 39.7 Å². The Kier molecular flexibility index (Phi) is 26.6. The van der Waals surface area contributed by atoms with Crippen LogP contribution in [0.5, 0.6) is 0 Å². The molecule has 1 aliphatic carbocycles. The fourth-order valence-electron chi connectivity index (χ4n) is 9.06. The van der Waals surface area contributed by atoms with Gasteiger partial charge in [0, 0.05) is 46.5 Å². The molecule has 4 heterocycles. The number of H-pyrrole nitrogens is 1. The Morgan fingerprint density at radius 1 is 0.400 bits per heavy atom. The van der Waals surface area contributed by atoms with Gasteiger partial charge in [0.2, 0.25) is 0 Å². The fraction of sp³-hybridized carbons (Fsp3) is 0.507. The number of allylic oxidation sites excluding steroid dienone is 1. The van der Waals surface area contributed by atoms with E-state index < -0.39 is 0 Å². The largest absolute Gasteiger partial charge is 0.358 e. The summed E-state index contributed by atoms with van der Waals surface area (Å²) in [5.74, 6) is 7.19. The molecule has 4 nitrogen and oxygen atoms in total. The van der Waals surface area contributed by atoms with E-state index >= 15 is 0 Å². The van der Waals surface area contributed by atoms with Gasteiger partial charge in [0.1, 0.15) is 0 Å². The summed E-state index contributed by atoms with van der Waals surface area (Å²) in [6.07, 6.45) is 6.57. The minimum Gasteiger partial charge on any atom is -0.358 e. The second-order valence-corrected chi connectivity index (χ2v) is 27.1. The minimum atomic E-state index is 0.534. The molecule has 5 heteroatoms. The lowest BCUT2D eigenvalue weighted by molar-refractivity contribution is 0.754. The highest BCUT2D eigenvalue weighted by Crippen LogP contribution is 2.34. The summed E-state index contributed by atoms with van der Waals surface area (Å²) in [4.78, 5) is 17.1. The number of nitrogens with zero attached hydrogens (tertiary/aromatic N) is 3. The predicted molar refractivity (Wildman–Crippen MR) is 357 cm³/mol. The quantitative estimate of drug-likeness (QED) is 0.133. The summed E-state index contributed by atoms with van der Waals surface area (Å²) in [6.45, 7) is 53.2. The number of aromatic nitrogens is 3. The summed E-state index contributed by atoms with van der Waals surface area (Å²) in [5, 5.41) is 4.75. The molecule has 3 aromatic heterocycles. The maximum Gasteiger partial charge on any atom is 0.0953 e. The summed E-state index contributed by atoms with van der Waals surface area (Å²) in [5.41, 5.74) is 21.9. The van der Waals surface area contributed by atoms with Crippen LogP contribution < -0.4 is 0 Å². The molecule has 0 fully saturated rings. The molecule has 4 aromatic carbocycles. The van der Waals surface area contributed by atoms with Gasteiger partial charge >= 0.3 is 0 Å². The van der Waals surface area contributed by atoms with E-state index in [0.717, 1.165) is 12.8 Å². The zero-order chi connectivity index (χ0) is 59.7. The summed E-state index contributed by atoms with van der Waals surface area (Å²) in [6, 6.07) is 35.9. The van der Waals surface area contributed by atoms with Crippen LogP contribution in [0.1, 0.15) is 298 Å². The van der Waals surface area contributed by atoms with Crippen molar-refractivity contribution < 1.29 is 0 Å². The predicted octanol–water partition coefficient (Wildman–Crippen LogP) is 23.6. The third-order valence-corrected chi connectivity index (χ3v) is 16.5. The van der Waals surface area contributed by atoms with Crippen molar-refractivity contribution in [1.82, 2.24) is 15.0 Å². The number of nitrogens with one attached hydrogen (secondary N) is 1. The molecular formula is C75H108N4S. The zero-order valence-corrected chi connectivity index (χ0v) is 55.4. The van der Waals surface area contributed by atoms with Gasteiger partial charge in [-0.2, -0.15) is 0 Å². The van der Waals surface area contributed by atoms with Gasteiger partial charge in [0.15, 0.2) is 0 Å². The molecule has 0 atom stereocenters. The van der Waals surface area contributed by atoms with Crippen LogP contribution in [0.2, 0.25) is 0 Å². The van der Waals surface area contributed by atoms with E-state index in [0.29, 0.717) is 71.0 Å². The van der Waals surface area contributed by atoms with Crippen molar-refractivity contribution in [3.8, 4) is 0 Å². The van der Waals surface area contributed by atoms with Gasteiger partial charge in [-0.3, -0.25) is 9.98 Å². The molecule has 0 saturated carbocycles. The lowest BCUT2D eigenvalue weighted by Crippen LogP contribution is -2.06. The van der Waals surface area contributed by atoms with Crippen molar-refractivity contribution in [3.05, 3.63) is 186 Å². The number of rotatable bonds is 12. The van der Waals surface area contributed by atoms with Crippen LogP contribution >= 0.6 is 11.3 Å². The molecule has 0 radical (unpaired) electrons. The first-order valence-electron chi connectivity index (χ1n) is 30.7. The van der Waals surface area contributed by atoms with E-state index in [9.17, 15) is 0 Å². The Labute approximate surface area is 493 Å². The third kappa shape index (κ3) is 20.5. The number of aromatic amines is 1. The first kappa shape index (κ1) is 67.1. The molecule has 0 amide bonds. The topological polar surface area (TPSA) is 53.9 Å². The first-order valence-corrected chi connectivity index (χ1v) is 31.6. The van der Waals surface area contributed by atoms with Crippen molar-refractivity contribution in [2.75, 3.05) is 0 Å². The van der Waals surface area contributed by atoms with Crippen LogP contribution in [0.15, 0.2) is 119 Å². The molecule has 0 unspecified atom stereocenters. The Morgan fingerprint density at radius 3 is 1.32 bits per heavy atom. The number of benzene rings is 4. The maximum atomic E-state index is 4.71. The highest BCUT2D eigenvalue weighted by Gasteiger charge is 2.18. The Hall–Kier alpha value is -5.39. The molecule has 0 spiro atoms. The van der Waals surface area contributed by atoms with Crippen LogP contribution in [-0.2, 0) is 12.8 Å². The van der Waals surface area contributed by atoms with Gasteiger partial charge in [-0.25, -0.2) is 4.98 Å². The molecule has 0 bridgehead atoms. The molecule has 2 aliphatic rings. The number of fused-ring (bicyclic) bond motifs is 3. The molecule has 434 valence electrons. The number of hydrogen-bond donors (Lipinski definition) is 1. The van der Waals surface area contributed by atoms with Crippen molar-refractivity contribution in [1.29, 1.82) is 0 Å². The molecule has 1 N–H and O–H groups in total. The summed E-state index contributed by atoms with van der Waals surface area (Å²) >= 11 is 1.77. The van der Waals surface area contributed by atoms with Crippen LogP contribution in [-0.4, -0.2) is 20.7 Å². The highest BCUT2D eigenvalue weighted by molar-refractivity contribution is 7.09. The van der Waals surface area contributed by atoms with Crippen molar-refractivity contribution in [3.63, 3.8) is 0 Å². The van der Waals surface area contributed by atoms with E-state index in [4.69, 9.17) is 4.99 Å². The van der Waals surface area contributed by atoms with Gasteiger partial charge in [-0.05, 0) is 151 Å². The van der Waals surface area contributed by atoms with E-state index in [2.05, 4.69) is 290 Å². The third-order valence-electron chi connectivity index (χ3n) is 15.3. The molecular weight excluding hydrogens is 989 g/mol. The Morgan fingerprint density at radius 2 is 0.887 bits per heavy atom. The van der Waals surface area contributed by atoms with E-state index in [1.807, 2.05) is 6.20 Å². The number of aliphatic imine (C=N–C) groups is 1. The molecule has 9 rings (SSSR count). The van der Waals surface area contributed by atoms with Gasteiger partial charge in [0.05, 0.1) is 16.4 Å². The van der Waals surface area contributed by atoms with Crippen molar-refractivity contribution in [2.24, 2.45) is 16.8 Å². The van der Waals surface area contributed by atoms with Gasteiger partial charge in [-0.1, -0.05) is 251 Å². The second-order valence-electron chi connectivity index (χ2n) is 26.2. The lowest BCUT2D eigenvalue weighted by Gasteiger charge is -2.08. The average molecular weight is 1100 g/mol. The zero-order valence-electron chi connectivity index (χ0n) is 54.6. The van der Waals surface area contributed by atoms with E-state index in [1.54, 1.807) is 16.9 Å². The molecule has 7 aromatic rings. The highest BCUT2D eigenvalue weighted by atomic mass is 32.1. The Balaban J connectivity index is 0.000000208. The van der Waals surface area contributed by atoms with E-state index in [-0.39, 0.29) is 0 Å². The standard InChI is InChI=1S/C15H20.2C14H19N.C12H18.C11H17N.C9H15NS/c1-10(2)12-5-6-13-8-14(11(3)4)9-15(13)7-12;2*1-9(2)11-5-6-12-8-13(10(3)4)15-14(12)7-11;1-9(2)11-5-7-12(8-6-11)10(3)4;1-8(2)10-5-6-11(9(3)4)12-7-10;1-6(2)8-5-11-9(10-8)7(3)4/h5-7,9-11H,8H2,1-4H3;5-7,9-10H,8H2,1-4H3;5-10,15H,1-4H3;5-10H,1-4H3;5-9H,1-4H3;5-7H,1-4H3. The van der Waals surface area contributed by atoms with Crippen molar-refractivity contribution in [2.45, 2.75) is 238 Å². The van der Waals surface area contributed by atoms with Crippen LogP contribution in [0.4, 0.5) is 5.69 Å². The Bertz CT molecular complexity index is 2780. The van der Waals surface area contributed by atoms with Gasteiger partial charge in [-0.15, -0.1) is 11.3 Å². The second kappa shape index (κ2) is 31.7. The van der Waals surface area contributed by atoms with Gasteiger partial charge < -0.3 is 4.98 Å². The number of thiazole rings is 1. The smallest absolute Gasteiger partial charge is 0.0953 e. The van der Waals surface area contributed by atoms with Crippen LogP contribution in [0.25, 0.3) is 17.0 Å². The lowest BCUT2D eigenvalue weighted by atomic mass is 9.97. The fourth-order valence-corrected chi connectivity index (χ4v) is 10.1. The summed E-state index contributed by atoms with van der Waals surface area (Å²) < 4.78 is 0. The number of hydrogen-bond acceptors (Lipinski definition) is 4. The van der Waals surface area contributed by atoms with Crippen LogP contribution in [0, 0.1) is 11.8 Å². The van der Waals surface area contributed by atoms with E-state index in [1.165, 1.54) is 94.5 Å². The number of pyridine rings is 1.